The molecule has 0 aliphatic carbocycles. The van der Waals surface area contributed by atoms with E-state index in [1.165, 1.54) is 20.3 Å². The van der Waals surface area contributed by atoms with E-state index < -0.39 is 28.9 Å². The summed E-state index contributed by atoms with van der Waals surface area (Å²) in [6.07, 6.45) is -0.828. The Bertz CT molecular complexity index is 1440. The van der Waals surface area contributed by atoms with Gasteiger partial charge >= 0.3 is 11.8 Å². The lowest BCUT2D eigenvalue weighted by Gasteiger charge is -2.19. The zero-order valence-electron chi connectivity index (χ0n) is 21.2. The molecule has 2 amide bonds. The van der Waals surface area contributed by atoms with Crippen molar-refractivity contribution in [3.8, 4) is 11.5 Å². The molecule has 3 aromatic rings. The summed E-state index contributed by atoms with van der Waals surface area (Å²) in [7, 11) is 2.91. The normalized spacial score (nSPS) is 11.2. The molecular weight excluding hydrogens is 504 g/mol. The molecule has 12 heteroatoms. The Labute approximate surface area is 217 Å². The first kappa shape index (κ1) is 27.6. The van der Waals surface area contributed by atoms with Crippen LogP contribution in [0.3, 0.4) is 0 Å². The number of rotatable bonds is 8. The molecular formula is C25H29ClN4O7. The van der Waals surface area contributed by atoms with Crippen molar-refractivity contribution in [3.63, 3.8) is 0 Å². The summed E-state index contributed by atoms with van der Waals surface area (Å²) in [5.74, 6) is 0.295. The summed E-state index contributed by atoms with van der Waals surface area (Å²) in [6, 6.07) is 7.89. The third-order valence-electron chi connectivity index (χ3n) is 5.20. The first-order valence-electron chi connectivity index (χ1n) is 11.4. The van der Waals surface area contributed by atoms with Gasteiger partial charge < -0.3 is 29.8 Å². The van der Waals surface area contributed by atoms with Crippen LogP contribution in [0.4, 0.5) is 10.5 Å². The quantitative estimate of drug-likeness (QED) is 0.405. The topological polar surface area (TPSA) is 141 Å². The summed E-state index contributed by atoms with van der Waals surface area (Å²) >= 11 is 6.18. The molecule has 2 aromatic carbocycles. The average Bonchev–Trinajstić information content (AvgIpc) is 2.80. The van der Waals surface area contributed by atoms with Gasteiger partial charge in [-0.25, -0.2) is 9.59 Å². The number of benzene rings is 2. The minimum atomic E-state index is -0.683. The fraction of sp³-hybridized carbons (Fsp3) is 0.360. The van der Waals surface area contributed by atoms with E-state index in [-0.39, 0.29) is 29.9 Å². The second kappa shape index (κ2) is 11.4. The zero-order chi connectivity index (χ0) is 27.3. The van der Waals surface area contributed by atoms with Gasteiger partial charge in [0.1, 0.15) is 17.1 Å². The molecule has 11 nitrogen and oxygen atoms in total. The van der Waals surface area contributed by atoms with Crippen LogP contribution in [0.25, 0.3) is 10.9 Å². The van der Waals surface area contributed by atoms with Gasteiger partial charge in [-0.2, -0.15) is 0 Å². The largest absolute Gasteiger partial charge is 0.495 e. The van der Waals surface area contributed by atoms with Gasteiger partial charge in [0.25, 0.3) is 5.56 Å². The van der Waals surface area contributed by atoms with Crippen molar-refractivity contribution in [1.82, 2.24) is 14.9 Å². The number of nitrogens with one attached hydrogen (secondary N) is 3. The molecule has 0 radical (unpaired) electrons. The Morgan fingerprint density at radius 2 is 1.78 bits per heavy atom. The van der Waals surface area contributed by atoms with Gasteiger partial charge in [-0.1, -0.05) is 23.7 Å². The first-order valence-corrected chi connectivity index (χ1v) is 11.7. The van der Waals surface area contributed by atoms with Crippen molar-refractivity contribution < 1.29 is 23.8 Å². The van der Waals surface area contributed by atoms with Crippen LogP contribution >= 0.6 is 11.6 Å². The number of aromatic amines is 1. The maximum atomic E-state index is 13.2. The predicted molar refractivity (Wildman–Crippen MR) is 140 cm³/mol. The van der Waals surface area contributed by atoms with Gasteiger partial charge in [0.2, 0.25) is 5.91 Å². The lowest BCUT2D eigenvalue weighted by Crippen LogP contribution is -2.40. The summed E-state index contributed by atoms with van der Waals surface area (Å²) in [4.78, 5) is 53.2. The van der Waals surface area contributed by atoms with Crippen LogP contribution < -0.4 is 31.4 Å². The fourth-order valence-corrected chi connectivity index (χ4v) is 3.87. The van der Waals surface area contributed by atoms with E-state index in [1.54, 1.807) is 45.0 Å². The molecule has 0 unspecified atom stereocenters. The molecule has 0 bridgehead atoms. The maximum Gasteiger partial charge on any atom is 0.407 e. The number of aromatic nitrogens is 2. The van der Waals surface area contributed by atoms with E-state index in [0.29, 0.717) is 28.3 Å². The van der Waals surface area contributed by atoms with Crippen molar-refractivity contribution in [3.05, 3.63) is 61.8 Å². The standard InChI is InChI=1S/C25H29ClN4O7/c1-25(2,3)37-24(34)27-9-10-30-22(32)21-14(7-6-8-16(21)29-23(30)33)11-20(31)28-17-12-15(26)18(35-4)13-19(17)36-5/h6-8,12-13H,9-11H2,1-5H3,(H,27,34)(H,28,31)(H,29,33). The highest BCUT2D eigenvalue weighted by Crippen LogP contribution is 2.36. The molecule has 0 aliphatic rings. The highest BCUT2D eigenvalue weighted by Gasteiger charge is 2.18. The number of amides is 2. The van der Waals surface area contributed by atoms with Gasteiger partial charge in [-0.3, -0.25) is 14.2 Å². The third-order valence-corrected chi connectivity index (χ3v) is 5.49. The smallest absolute Gasteiger partial charge is 0.407 e. The average molecular weight is 533 g/mol. The maximum absolute atomic E-state index is 13.2. The summed E-state index contributed by atoms with van der Waals surface area (Å²) in [5.41, 5.74) is -0.873. The minimum absolute atomic E-state index is 0.00984. The molecule has 0 fully saturated rings. The van der Waals surface area contributed by atoms with E-state index in [9.17, 15) is 19.2 Å². The van der Waals surface area contributed by atoms with Crippen LogP contribution in [0.15, 0.2) is 39.9 Å². The highest BCUT2D eigenvalue weighted by atomic mass is 35.5. The van der Waals surface area contributed by atoms with Gasteiger partial charge in [-0.15, -0.1) is 0 Å². The van der Waals surface area contributed by atoms with E-state index in [4.69, 9.17) is 25.8 Å². The fourth-order valence-electron chi connectivity index (χ4n) is 3.63. The van der Waals surface area contributed by atoms with Crippen molar-refractivity contribution >= 4 is 40.2 Å². The number of anilines is 1. The molecule has 37 heavy (non-hydrogen) atoms. The summed E-state index contributed by atoms with van der Waals surface area (Å²) < 4.78 is 16.6. The van der Waals surface area contributed by atoms with Crippen LogP contribution in [-0.4, -0.2) is 47.9 Å². The molecule has 0 atom stereocenters. The van der Waals surface area contributed by atoms with Gasteiger partial charge in [0.15, 0.2) is 0 Å². The van der Waals surface area contributed by atoms with Crippen LogP contribution in [0.1, 0.15) is 26.3 Å². The van der Waals surface area contributed by atoms with Crippen molar-refractivity contribution in [2.75, 3.05) is 26.1 Å². The molecule has 1 aromatic heterocycles. The number of nitrogens with zero attached hydrogens (tertiary/aromatic N) is 1. The number of carbonyl (C=O) groups is 2. The summed E-state index contributed by atoms with van der Waals surface area (Å²) in [5, 5.41) is 5.72. The number of ether oxygens (including phenoxy) is 3. The van der Waals surface area contributed by atoms with Crippen LogP contribution in [0.2, 0.25) is 5.02 Å². The Morgan fingerprint density at radius 1 is 1.08 bits per heavy atom. The van der Waals surface area contributed by atoms with Crippen molar-refractivity contribution in [1.29, 1.82) is 0 Å². The molecule has 1 heterocycles. The number of hydrogen-bond donors (Lipinski definition) is 3. The number of H-pyrrole nitrogens is 1. The van der Waals surface area contributed by atoms with Crippen molar-refractivity contribution in [2.24, 2.45) is 0 Å². The van der Waals surface area contributed by atoms with E-state index in [2.05, 4.69) is 15.6 Å². The predicted octanol–water partition coefficient (Wildman–Crippen LogP) is 3.07. The SMILES string of the molecule is COc1cc(OC)c(NC(=O)Cc2cccc3[nH]c(=O)n(CCNC(=O)OC(C)(C)C)c(=O)c23)cc1Cl. The van der Waals surface area contributed by atoms with Crippen LogP contribution in [-0.2, 0) is 22.5 Å². The second-order valence-electron chi connectivity index (χ2n) is 9.07. The highest BCUT2D eigenvalue weighted by molar-refractivity contribution is 6.32. The number of methoxy groups -OCH3 is 2. The lowest BCUT2D eigenvalue weighted by molar-refractivity contribution is -0.115. The van der Waals surface area contributed by atoms with E-state index >= 15 is 0 Å². The number of halogens is 1. The first-order chi connectivity index (χ1) is 17.4. The Morgan fingerprint density at radius 3 is 2.43 bits per heavy atom. The Hall–Kier alpha value is -3.99. The second-order valence-corrected chi connectivity index (χ2v) is 9.47. The van der Waals surface area contributed by atoms with Crippen molar-refractivity contribution in [2.45, 2.75) is 39.3 Å². The third kappa shape index (κ3) is 6.82. The van der Waals surface area contributed by atoms with E-state index in [1.807, 2.05) is 0 Å². The van der Waals surface area contributed by atoms with Gasteiger partial charge in [-0.05, 0) is 38.5 Å². The number of alkyl carbamates (subject to hydrolysis) is 1. The number of fused-ring (bicyclic) bond motifs is 1. The molecule has 0 aliphatic heterocycles. The van der Waals surface area contributed by atoms with Crippen LogP contribution in [0, 0.1) is 0 Å². The molecule has 0 spiro atoms. The number of carbonyl (C=O) groups excluding carboxylic acids is 2. The Balaban J connectivity index is 1.84. The van der Waals surface area contributed by atoms with E-state index in [0.717, 1.165) is 4.57 Å². The zero-order valence-corrected chi connectivity index (χ0v) is 21.9. The lowest BCUT2D eigenvalue weighted by atomic mass is 10.1. The molecule has 198 valence electrons. The van der Waals surface area contributed by atoms with Crippen LogP contribution in [0.5, 0.6) is 11.5 Å². The monoisotopic (exact) mass is 532 g/mol. The number of hydrogen-bond acceptors (Lipinski definition) is 7. The molecule has 0 saturated carbocycles. The molecule has 3 rings (SSSR count). The minimum Gasteiger partial charge on any atom is -0.495 e. The molecule has 0 saturated heterocycles. The summed E-state index contributed by atoms with van der Waals surface area (Å²) in [6.45, 7) is 5.07. The Kier molecular flexibility index (Phi) is 8.49. The molecule has 3 N–H and O–H groups in total. The van der Waals surface area contributed by atoms with Gasteiger partial charge in [0.05, 0.1) is 42.3 Å². The van der Waals surface area contributed by atoms with Gasteiger partial charge in [0, 0.05) is 19.2 Å².